The van der Waals surface area contributed by atoms with Crippen molar-refractivity contribution in [2.24, 2.45) is 5.92 Å². The lowest BCUT2D eigenvalue weighted by atomic mass is 10.0. The van der Waals surface area contributed by atoms with Gasteiger partial charge in [0.2, 0.25) is 5.91 Å². The highest BCUT2D eigenvalue weighted by molar-refractivity contribution is 5.80. The van der Waals surface area contributed by atoms with Crippen molar-refractivity contribution in [3.63, 3.8) is 0 Å². The number of aromatic nitrogens is 4. The van der Waals surface area contributed by atoms with Crippen molar-refractivity contribution >= 4 is 5.91 Å². The minimum Gasteiger partial charge on any atom is -0.391 e. The number of hydrogen-bond acceptors (Lipinski definition) is 6. The van der Waals surface area contributed by atoms with Crippen molar-refractivity contribution in [3.05, 3.63) is 41.5 Å². The molecule has 1 amide bonds. The van der Waals surface area contributed by atoms with E-state index >= 15 is 0 Å². The molecule has 0 radical (unpaired) electrons. The van der Waals surface area contributed by atoms with Crippen LogP contribution in [0, 0.1) is 18.7 Å². The highest BCUT2D eigenvalue weighted by Gasteiger charge is 2.28. The molecule has 9 heteroatoms. The summed E-state index contributed by atoms with van der Waals surface area (Å²) >= 11 is 0. The fourth-order valence-electron chi connectivity index (χ4n) is 2.94. The molecule has 0 aliphatic carbocycles. The molecule has 3 rings (SSSR count). The molecule has 0 spiro atoms. The van der Waals surface area contributed by atoms with Crippen LogP contribution in [0.25, 0.3) is 0 Å². The zero-order valence-electron chi connectivity index (χ0n) is 13.9. The lowest BCUT2D eigenvalue weighted by molar-refractivity contribution is -0.125. The van der Waals surface area contributed by atoms with E-state index in [-0.39, 0.29) is 17.6 Å². The van der Waals surface area contributed by atoms with Gasteiger partial charge in [0.1, 0.15) is 17.7 Å². The van der Waals surface area contributed by atoms with E-state index in [0.29, 0.717) is 31.9 Å². The number of carbonyl (C=O) groups excluding carboxylic acids is 1. The minimum atomic E-state index is -0.646. The Morgan fingerprint density at radius 1 is 1.44 bits per heavy atom. The Bertz CT molecular complexity index is 720. The van der Waals surface area contributed by atoms with Gasteiger partial charge in [0, 0.05) is 32.0 Å². The van der Waals surface area contributed by atoms with Crippen molar-refractivity contribution in [3.8, 4) is 0 Å². The number of benzene rings is 1. The Hall–Kier alpha value is -2.39. The normalized spacial score (nSPS) is 21.2. The number of tetrazole rings is 1. The summed E-state index contributed by atoms with van der Waals surface area (Å²) in [6.07, 6.45) is -0.130. The number of nitrogens with zero attached hydrogens (tertiary/aromatic N) is 4. The topological polar surface area (TPSA) is 105 Å². The zero-order valence-corrected chi connectivity index (χ0v) is 13.9. The number of aliphatic hydroxyl groups is 1. The summed E-state index contributed by atoms with van der Waals surface area (Å²) in [7, 11) is 0. The summed E-state index contributed by atoms with van der Waals surface area (Å²) in [6, 6.07) is 5.35. The second-order valence-corrected chi connectivity index (χ2v) is 6.25. The van der Waals surface area contributed by atoms with Crippen molar-refractivity contribution in [1.82, 2.24) is 30.8 Å². The molecule has 0 bridgehead atoms. The molecule has 1 aliphatic rings. The third-order valence-corrected chi connectivity index (χ3v) is 4.44. The van der Waals surface area contributed by atoms with Crippen LogP contribution >= 0.6 is 0 Å². The number of hydrogen-bond donors (Lipinski definition) is 3. The van der Waals surface area contributed by atoms with Crippen molar-refractivity contribution < 1.29 is 14.3 Å². The van der Waals surface area contributed by atoms with Crippen molar-refractivity contribution in [1.29, 1.82) is 0 Å². The first-order chi connectivity index (χ1) is 12.0. The van der Waals surface area contributed by atoms with Crippen LogP contribution in [0.1, 0.15) is 17.4 Å². The van der Waals surface area contributed by atoms with Crippen LogP contribution in [0.2, 0.25) is 0 Å². The van der Waals surface area contributed by atoms with Crippen molar-refractivity contribution in [2.75, 3.05) is 19.6 Å². The van der Waals surface area contributed by atoms with Gasteiger partial charge in [-0.3, -0.25) is 4.79 Å². The summed E-state index contributed by atoms with van der Waals surface area (Å²) in [5.41, 5.74) is 0.805. The van der Waals surface area contributed by atoms with E-state index in [1.165, 1.54) is 16.8 Å². The Morgan fingerprint density at radius 2 is 2.20 bits per heavy atom. The highest BCUT2D eigenvalue weighted by Crippen LogP contribution is 2.16. The zero-order chi connectivity index (χ0) is 17.8. The lowest BCUT2D eigenvalue weighted by Gasteiger charge is -2.20. The summed E-state index contributed by atoms with van der Waals surface area (Å²) < 4.78 is 14.6. The lowest BCUT2D eigenvalue weighted by Crippen LogP contribution is -2.40. The molecular weight excluding hydrogens is 327 g/mol. The maximum Gasteiger partial charge on any atom is 0.245 e. The van der Waals surface area contributed by atoms with Gasteiger partial charge in [0.15, 0.2) is 0 Å². The standard InChI is InChI=1S/C16H21FN6O2/c1-10-20-21-22-23(10)14(6-11-2-4-13(17)5-3-11)16(25)19-8-12-7-18-9-15(12)24/h2-5,12,14-15,18,24H,6-9H2,1H3,(H,19,25). The Morgan fingerprint density at radius 3 is 2.80 bits per heavy atom. The number of rotatable bonds is 6. The number of β-amino-alcohol motifs (C(OH)–C–C–N with tert-alkyl or cyclic N) is 1. The molecule has 25 heavy (non-hydrogen) atoms. The van der Waals surface area contributed by atoms with Gasteiger partial charge in [-0.15, -0.1) is 5.10 Å². The van der Waals surface area contributed by atoms with Crippen LogP contribution in [0.4, 0.5) is 4.39 Å². The average Bonchev–Trinajstić information content (AvgIpc) is 3.20. The van der Waals surface area contributed by atoms with Gasteiger partial charge in [0.25, 0.3) is 0 Å². The number of amides is 1. The van der Waals surface area contributed by atoms with E-state index in [1.807, 2.05) is 0 Å². The molecule has 1 aromatic heterocycles. The molecule has 1 fully saturated rings. The van der Waals surface area contributed by atoms with Crippen LogP contribution in [0.5, 0.6) is 0 Å². The molecule has 0 saturated carbocycles. The van der Waals surface area contributed by atoms with Crippen LogP contribution in [0.3, 0.4) is 0 Å². The van der Waals surface area contributed by atoms with E-state index in [4.69, 9.17) is 0 Å². The largest absolute Gasteiger partial charge is 0.391 e. The number of carbonyl (C=O) groups is 1. The summed E-state index contributed by atoms with van der Waals surface area (Å²) in [6.45, 7) is 3.28. The monoisotopic (exact) mass is 348 g/mol. The molecular formula is C16H21FN6O2. The first kappa shape index (κ1) is 17.4. The van der Waals surface area contributed by atoms with Gasteiger partial charge >= 0.3 is 0 Å². The average molecular weight is 348 g/mol. The van der Waals surface area contributed by atoms with Crippen LogP contribution in [0.15, 0.2) is 24.3 Å². The third kappa shape index (κ3) is 4.18. The summed E-state index contributed by atoms with van der Waals surface area (Å²) in [4.78, 5) is 12.7. The Labute approximate surface area is 144 Å². The predicted octanol–water partition coefficient (Wildman–Crippen LogP) is -0.399. The number of aryl methyl sites for hydroxylation is 1. The fraction of sp³-hybridized carbons (Fsp3) is 0.500. The first-order valence-electron chi connectivity index (χ1n) is 8.20. The highest BCUT2D eigenvalue weighted by atomic mass is 19.1. The molecule has 1 aromatic carbocycles. The number of nitrogens with one attached hydrogen (secondary N) is 2. The van der Waals surface area contributed by atoms with Crippen molar-refractivity contribution in [2.45, 2.75) is 25.5 Å². The number of halogens is 1. The molecule has 2 heterocycles. The summed E-state index contributed by atoms with van der Waals surface area (Å²) in [5, 5.41) is 27.1. The van der Waals surface area contributed by atoms with E-state index in [2.05, 4.69) is 26.2 Å². The van der Waals surface area contributed by atoms with Gasteiger partial charge in [0.05, 0.1) is 6.10 Å². The Kier molecular flexibility index (Phi) is 5.34. The quantitative estimate of drug-likeness (QED) is 0.656. The van der Waals surface area contributed by atoms with Crippen LogP contribution in [-0.2, 0) is 11.2 Å². The summed E-state index contributed by atoms with van der Waals surface area (Å²) in [5.74, 6) is -0.0693. The second-order valence-electron chi connectivity index (χ2n) is 6.25. The van der Waals surface area contributed by atoms with E-state index in [9.17, 15) is 14.3 Å². The van der Waals surface area contributed by atoms with Crippen LogP contribution in [-0.4, -0.2) is 57.0 Å². The first-order valence-corrected chi connectivity index (χ1v) is 8.20. The molecule has 8 nitrogen and oxygen atoms in total. The SMILES string of the molecule is Cc1nnnn1C(Cc1ccc(F)cc1)C(=O)NCC1CNCC1O. The van der Waals surface area contributed by atoms with E-state index in [1.54, 1.807) is 19.1 Å². The maximum absolute atomic E-state index is 13.1. The molecule has 3 atom stereocenters. The fourth-order valence-corrected chi connectivity index (χ4v) is 2.94. The smallest absolute Gasteiger partial charge is 0.245 e. The minimum absolute atomic E-state index is 0.0228. The molecule has 1 aliphatic heterocycles. The Balaban J connectivity index is 1.72. The molecule has 1 saturated heterocycles. The molecule has 2 aromatic rings. The number of aliphatic hydroxyl groups excluding tert-OH is 1. The second kappa shape index (κ2) is 7.66. The molecule has 134 valence electrons. The van der Waals surface area contributed by atoms with Gasteiger partial charge in [-0.2, -0.15) is 0 Å². The maximum atomic E-state index is 13.1. The van der Waals surface area contributed by atoms with E-state index in [0.717, 1.165) is 5.56 Å². The molecule has 3 unspecified atom stereocenters. The van der Waals surface area contributed by atoms with Gasteiger partial charge in [-0.05, 0) is 35.0 Å². The van der Waals surface area contributed by atoms with E-state index < -0.39 is 12.1 Å². The molecule has 3 N–H and O–H groups in total. The van der Waals surface area contributed by atoms with Gasteiger partial charge in [-0.1, -0.05) is 12.1 Å². The van der Waals surface area contributed by atoms with Crippen LogP contribution < -0.4 is 10.6 Å². The van der Waals surface area contributed by atoms with Gasteiger partial charge in [-0.25, -0.2) is 9.07 Å². The predicted molar refractivity (Wildman–Crippen MR) is 87.1 cm³/mol. The third-order valence-electron chi connectivity index (χ3n) is 4.44. The van der Waals surface area contributed by atoms with Gasteiger partial charge < -0.3 is 15.7 Å².